The predicted octanol–water partition coefficient (Wildman–Crippen LogP) is 2.10. The minimum atomic E-state index is -0.984. The lowest BCUT2D eigenvalue weighted by molar-refractivity contribution is -0.122. The van der Waals surface area contributed by atoms with Crippen molar-refractivity contribution in [2.45, 2.75) is 19.3 Å². The van der Waals surface area contributed by atoms with Crippen LogP contribution in [-0.2, 0) is 4.79 Å². The number of amides is 1. The molecule has 1 fully saturated rings. The van der Waals surface area contributed by atoms with Crippen molar-refractivity contribution in [2.75, 3.05) is 5.32 Å². The van der Waals surface area contributed by atoms with Crippen LogP contribution >= 0.6 is 0 Å². The number of carbonyl (C=O) groups is 1. The smallest absolute Gasteiger partial charge is 0.239 e. The first-order valence-electron chi connectivity index (χ1n) is 4.80. The molecule has 1 N–H and O–H groups in total. The molecule has 2 rings (SSSR count). The molecular formula is C10H10F2N2O. The van der Waals surface area contributed by atoms with E-state index in [0.717, 1.165) is 25.3 Å². The molecule has 0 saturated heterocycles. The Labute approximate surface area is 85.5 Å². The Balaban J connectivity index is 2.06. The lowest BCUT2D eigenvalue weighted by Crippen LogP contribution is -2.28. The van der Waals surface area contributed by atoms with Crippen LogP contribution < -0.4 is 5.32 Å². The van der Waals surface area contributed by atoms with Gasteiger partial charge in [-0.15, -0.1) is 0 Å². The molecule has 80 valence electrons. The SMILES string of the molecule is O=C(Nc1ccc(F)nc1F)C1CCC1. The van der Waals surface area contributed by atoms with Gasteiger partial charge in [0.05, 0.1) is 5.69 Å². The highest BCUT2D eigenvalue weighted by Gasteiger charge is 2.25. The molecule has 1 aromatic heterocycles. The second-order valence-electron chi connectivity index (χ2n) is 3.59. The fourth-order valence-electron chi connectivity index (χ4n) is 1.41. The van der Waals surface area contributed by atoms with Crippen LogP contribution in [0.1, 0.15) is 19.3 Å². The number of halogens is 2. The second kappa shape index (κ2) is 3.92. The molecule has 1 amide bonds. The molecule has 1 aliphatic carbocycles. The summed E-state index contributed by atoms with van der Waals surface area (Å²) in [6.45, 7) is 0. The lowest BCUT2D eigenvalue weighted by Gasteiger charge is -2.23. The van der Waals surface area contributed by atoms with E-state index < -0.39 is 11.9 Å². The van der Waals surface area contributed by atoms with Gasteiger partial charge in [0, 0.05) is 5.92 Å². The van der Waals surface area contributed by atoms with E-state index in [1.165, 1.54) is 6.07 Å². The van der Waals surface area contributed by atoms with Crippen LogP contribution in [0.25, 0.3) is 0 Å². The zero-order chi connectivity index (χ0) is 10.8. The van der Waals surface area contributed by atoms with Crippen molar-refractivity contribution in [3.63, 3.8) is 0 Å². The average molecular weight is 212 g/mol. The molecule has 1 saturated carbocycles. The first-order valence-corrected chi connectivity index (χ1v) is 4.80. The van der Waals surface area contributed by atoms with Gasteiger partial charge < -0.3 is 5.32 Å². The molecule has 1 aliphatic rings. The molecule has 1 aromatic rings. The van der Waals surface area contributed by atoms with E-state index in [-0.39, 0.29) is 17.5 Å². The first-order chi connectivity index (χ1) is 7.16. The maximum atomic E-state index is 13.0. The summed E-state index contributed by atoms with van der Waals surface area (Å²) in [5.41, 5.74) is -0.0618. The first kappa shape index (κ1) is 10.0. The third kappa shape index (κ3) is 2.11. The summed E-state index contributed by atoms with van der Waals surface area (Å²) < 4.78 is 25.5. The van der Waals surface area contributed by atoms with Gasteiger partial charge in [-0.1, -0.05) is 6.42 Å². The Morgan fingerprint density at radius 2 is 2.13 bits per heavy atom. The van der Waals surface area contributed by atoms with Gasteiger partial charge in [-0.3, -0.25) is 4.79 Å². The zero-order valence-electron chi connectivity index (χ0n) is 7.96. The normalized spacial score (nSPS) is 15.9. The van der Waals surface area contributed by atoms with E-state index >= 15 is 0 Å². The van der Waals surface area contributed by atoms with Crippen LogP contribution in [0.15, 0.2) is 12.1 Å². The number of pyridine rings is 1. The number of carbonyl (C=O) groups excluding carboxylic acids is 1. The second-order valence-corrected chi connectivity index (χ2v) is 3.59. The van der Waals surface area contributed by atoms with Gasteiger partial charge in [0.2, 0.25) is 17.8 Å². The van der Waals surface area contributed by atoms with Gasteiger partial charge in [0.25, 0.3) is 0 Å². The third-order valence-corrected chi connectivity index (χ3v) is 2.55. The van der Waals surface area contributed by atoms with E-state index in [4.69, 9.17) is 0 Å². The quantitative estimate of drug-likeness (QED) is 0.763. The van der Waals surface area contributed by atoms with Gasteiger partial charge in [-0.25, -0.2) is 0 Å². The largest absolute Gasteiger partial charge is 0.322 e. The summed E-state index contributed by atoms with van der Waals surface area (Å²) in [6, 6.07) is 2.19. The van der Waals surface area contributed by atoms with Crippen molar-refractivity contribution < 1.29 is 13.6 Å². The highest BCUT2D eigenvalue weighted by molar-refractivity contribution is 5.92. The molecule has 0 radical (unpaired) electrons. The molecule has 0 atom stereocenters. The highest BCUT2D eigenvalue weighted by Crippen LogP contribution is 2.27. The maximum Gasteiger partial charge on any atom is 0.239 e. The number of rotatable bonds is 2. The summed E-state index contributed by atoms with van der Waals surface area (Å²) in [6.07, 6.45) is 2.70. The lowest BCUT2D eigenvalue weighted by atomic mass is 9.85. The summed E-state index contributed by atoms with van der Waals surface area (Å²) in [4.78, 5) is 14.4. The highest BCUT2D eigenvalue weighted by atomic mass is 19.1. The van der Waals surface area contributed by atoms with Crippen LogP contribution in [0, 0.1) is 17.8 Å². The molecule has 0 aliphatic heterocycles. The topological polar surface area (TPSA) is 42.0 Å². The number of hydrogen-bond donors (Lipinski definition) is 1. The molecule has 0 bridgehead atoms. The Morgan fingerprint density at radius 3 is 2.67 bits per heavy atom. The van der Waals surface area contributed by atoms with Gasteiger partial charge in [-0.05, 0) is 25.0 Å². The van der Waals surface area contributed by atoms with Crippen molar-refractivity contribution in [1.29, 1.82) is 0 Å². The van der Waals surface area contributed by atoms with Crippen LogP contribution in [-0.4, -0.2) is 10.9 Å². The average Bonchev–Trinajstić information content (AvgIpc) is 2.07. The fourth-order valence-corrected chi connectivity index (χ4v) is 1.41. The van der Waals surface area contributed by atoms with E-state index in [0.29, 0.717) is 0 Å². The minimum Gasteiger partial charge on any atom is -0.322 e. The summed E-state index contributed by atoms with van der Waals surface area (Å²) in [5, 5.41) is 2.40. The molecule has 15 heavy (non-hydrogen) atoms. The van der Waals surface area contributed by atoms with Gasteiger partial charge >= 0.3 is 0 Å². The van der Waals surface area contributed by atoms with E-state index in [1.54, 1.807) is 0 Å². The molecule has 1 heterocycles. The summed E-state index contributed by atoms with van der Waals surface area (Å²) in [7, 11) is 0. The third-order valence-electron chi connectivity index (χ3n) is 2.55. The monoisotopic (exact) mass is 212 g/mol. The van der Waals surface area contributed by atoms with Gasteiger partial charge in [-0.2, -0.15) is 13.8 Å². The zero-order valence-corrected chi connectivity index (χ0v) is 7.96. The number of anilines is 1. The van der Waals surface area contributed by atoms with Crippen molar-refractivity contribution in [2.24, 2.45) is 5.92 Å². The van der Waals surface area contributed by atoms with Crippen LogP contribution in [0.4, 0.5) is 14.5 Å². The van der Waals surface area contributed by atoms with Crippen molar-refractivity contribution >= 4 is 11.6 Å². The molecule has 3 nitrogen and oxygen atoms in total. The summed E-state index contributed by atoms with van der Waals surface area (Å²) in [5.74, 6) is -2.13. The fraction of sp³-hybridized carbons (Fsp3) is 0.400. The van der Waals surface area contributed by atoms with Gasteiger partial charge in [0.1, 0.15) is 0 Å². The Hall–Kier alpha value is -1.52. The minimum absolute atomic E-state index is 0.0329. The molecular weight excluding hydrogens is 202 g/mol. The van der Waals surface area contributed by atoms with E-state index in [2.05, 4.69) is 10.3 Å². The molecule has 5 heteroatoms. The van der Waals surface area contributed by atoms with Crippen LogP contribution in [0.2, 0.25) is 0 Å². The Morgan fingerprint density at radius 1 is 1.40 bits per heavy atom. The maximum absolute atomic E-state index is 13.0. The standard InChI is InChI=1S/C10H10F2N2O/c11-8-5-4-7(9(12)14-8)13-10(15)6-2-1-3-6/h4-6H,1-3H2,(H,13,15). The molecule has 0 aromatic carbocycles. The number of hydrogen-bond acceptors (Lipinski definition) is 2. The summed E-state index contributed by atoms with van der Waals surface area (Å²) >= 11 is 0. The Kier molecular flexibility index (Phi) is 2.62. The van der Waals surface area contributed by atoms with E-state index in [9.17, 15) is 13.6 Å². The van der Waals surface area contributed by atoms with Crippen molar-refractivity contribution in [1.82, 2.24) is 4.98 Å². The Bertz CT molecular complexity index is 391. The molecule has 0 spiro atoms. The number of nitrogens with one attached hydrogen (secondary N) is 1. The van der Waals surface area contributed by atoms with Crippen molar-refractivity contribution in [3.8, 4) is 0 Å². The van der Waals surface area contributed by atoms with E-state index in [1.807, 2.05) is 0 Å². The predicted molar refractivity (Wildman–Crippen MR) is 50.1 cm³/mol. The number of aromatic nitrogens is 1. The van der Waals surface area contributed by atoms with Gasteiger partial charge in [0.15, 0.2) is 0 Å². The van der Waals surface area contributed by atoms with Crippen molar-refractivity contribution in [3.05, 3.63) is 24.0 Å². The van der Waals surface area contributed by atoms with Crippen LogP contribution in [0.5, 0.6) is 0 Å². The van der Waals surface area contributed by atoms with Crippen LogP contribution in [0.3, 0.4) is 0 Å². The molecule has 0 unspecified atom stereocenters. The number of nitrogens with zero attached hydrogens (tertiary/aromatic N) is 1.